The van der Waals surface area contributed by atoms with E-state index in [1.807, 2.05) is 11.7 Å². The van der Waals surface area contributed by atoms with Crippen LogP contribution in [0.4, 0.5) is 0 Å². The predicted octanol–water partition coefficient (Wildman–Crippen LogP) is 5.30. The van der Waals surface area contributed by atoms with Gasteiger partial charge in [-0.3, -0.25) is 4.68 Å². The average Bonchev–Trinajstić information content (AvgIpc) is 2.75. The van der Waals surface area contributed by atoms with Crippen LogP contribution in [0.5, 0.6) is 0 Å². The molecule has 5 heteroatoms. The first-order chi connectivity index (χ1) is 10.0. The Bertz CT molecular complexity index is 590. The molecule has 0 bridgehead atoms. The van der Waals surface area contributed by atoms with Gasteiger partial charge in [-0.15, -0.1) is 0 Å². The zero-order valence-electron chi connectivity index (χ0n) is 12.2. The lowest BCUT2D eigenvalue weighted by molar-refractivity contribution is 0.555. The molecular formula is C16H19Br3N2. The number of benzene rings is 1. The van der Waals surface area contributed by atoms with Crippen molar-refractivity contribution in [1.29, 1.82) is 0 Å². The van der Waals surface area contributed by atoms with Crippen molar-refractivity contribution in [2.45, 2.75) is 26.2 Å². The molecule has 1 unspecified atom stereocenters. The second kappa shape index (κ2) is 7.93. The number of alkyl halides is 1. The van der Waals surface area contributed by atoms with Crippen molar-refractivity contribution in [2.75, 3.05) is 5.33 Å². The second-order valence-corrected chi connectivity index (χ2v) is 7.60. The maximum absolute atomic E-state index is 4.58. The molecule has 0 fully saturated rings. The van der Waals surface area contributed by atoms with Gasteiger partial charge in [0.2, 0.25) is 0 Å². The molecule has 2 nitrogen and oxygen atoms in total. The summed E-state index contributed by atoms with van der Waals surface area (Å²) in [4.78, 5) is 0. The standard InChI is InChI=1S/C16H19Br3N2/c1-3-14-16(19)15(21(2)20-14)9-12(10-17)8-11-4-6-13(18)7-5-11/h4-7,12H,3,8-10H2,1-2H3. The van der Waals surface area contributed by atoms with E-state index in [1.165, 1.54) is 15.7 Å². The first-order valence-electron chi connectivity index (χ1n) is 7.05. The van der Waals surface area contributed by atoms with Crippen LogP contribution in [0.1, 0.15) is 23.9 Å². The molecule has 0 aliphatic carbocycles. The Kier molecular flexibility index (Phi) is 6.51. The predicted molar refractivity (Wildman–Crippen MR) is 99.1 cm³/mol. The SMILES string of the molecule is CCc1nn(C)c(CC(CBr)Cc2ccc(Br)cc2)c1Br. The number of hydrogen-bond donors (Lipinski definition) is 0. The van der Waals surface area contributed by atoms with Crippen LogP contribution < -0.4 is 0 Å². The van der Waals surface area contributed by atoms with E-state index in [0.717, 1.165) is 34.8 Å². The Morgan fingerprint density at radius 1 is 1.14 bits per heavy atom. The van der Waals surface area contributed by atoms with Crippen molar-refractivity contribution in [3.8, 4) is 0 Å². The van der Waals surface area contributed by atoms with Gasteiger partial charge in [0.15, 0.2) is 0 Å². The Balaban J connectivity index is 2.12. The van der Waals surface area contributed by atoms with Crippen LogP contribution in [-0.2, 0) is 26.3 Å². The third-order valence-electron chi connectivity index (χ3n) is 3.64. The van der Waals surface area contributed by atoms with Gasteiger partial charge in [0.05, 0.1) is 15.9 Å². The van der Waals surface area contributed by atoms with E-state index in [4.69, 9.17) is 0 Å². The molecule has 0 aliphatic rings. The quantitative estimate of drug-likeness (QED) is 0.515. The van der Waals surface area contributed by atoms with Crippen LogP contribution in [-0.4, -0.2) is 15.1 Å². The smallest absolute Gasteiger partial charge is 0.0766 e. The van der Waals surface area contributed by atoms with Gasteiger partial charge in [0.25, 0.3) is 0 Å². The normalized spacial score (nSPS) is 12.6. The van der Waals surface area contributed by atoms with Gasteiger partial charge >= 0.3 is 0 Å². The minimum absolute atomic E-state index is 0.558. The van der Waals surface area contributed by atoms with Gasteiger partial charge in [0.1, 0.15) is 0 Å². The summed E-state index contributed by atoms with van der Waals surface area (Å²) in [5, 5.41) is 5.57. The highest BCUT2D eigenvalue weighted by Gasteiger charge is 2.17. The number of aryl methyl sites for hydroxylation is 2. The Morgan fingerprint density at radius 3 is 2.33 bits per heavy atom. The van der Waals surface area contributed by atoms with Gasteiger partial charge in [-0.25, -0.2) is 0 Å². The number of aromatic nitrogens is 2. The van der Waals surface area contributed by atoms with E-state index in [1.54, 1.807) is 0 Å². The molecule has 0 saturated heterocycles. The largest absolute Gasteiger partial charge is 0.271 e. The minimum Gasteiger partial charge on any atom is -0.271 e. The lowest BCUT2D eigenvalue weighted by Gasteiger charge is -2.15. The molecule has 2 aromatic rings. The molecule has 0 radical (unpaired) electrons. The third kappa shape index (κ3) is 4.42. The molecule has 114 valence electrons. The molecule has 1 aromatic heterocycles. The average molecular weight is 479 g/mol. The van der Waals surface area contributed by atoms with Crippen LogP contribution in [0.25, 0.3) is 0 Å². The van der Waals surface area contributed by atoms with E-state index >= 15 is 0 Å². The van der Waals surface area contributed by atoms with Crippen molar-refractivity contribution >= 4 is 47.8 Å². The van der Waals surface area contributed by atoms with E-state index in [-0.39, 0.29) is 0 Å². The summed E-state index contributed by atoms with van der Waals surface area (Å²) in [6.45, 7) is 2.14. The molecule has 1 aromatic carbocycles. The van der Waals surface area contributed by atoms with Gasteiger partial charge in [0, 0.05) is 16.9 Å². The summed E-state index contributed by atoms with van der Waals surface area (Å²) < 4.78 is 4.32. The topological polar surface area (TPSA) is 17.8 Å². The zero-order valence-corrected chi connectivity index (χ0v) is 17.0. The van der Waals surface area contributed by atoms with Crippen molar-refractivity contribution in [1.82, 2.24) is 9.78 Å². The first kappa shape index (κ1) is 17.2. The lowest BCUT2D eigenvalue weighted by Crippen LogP contribution is -2.13. The monoisotopic (exact) mass is 476 g/mol. The minimum atomic E-state index is 0.558. The van der Waals surface area contributed by atoms with Crippen LogP contribution >= 0.6 is 47.8 Å². The van der Waals surface area contributed by atoms with Crippen LogP contribution in [0.15, 0.2) is 33.2 Å². The van der Waals surface area contributed by atoms with Crippen molar-refractivity contribution in [3.05, 3.63) is 50.2 Å². The lowest BCUT2D eigenvalue weighted by atomic mass is 9.96. The summed E-state index contributed by atoms with van der Waals surface area (Å²) in [5.41, 5.74) is 3.80. The van der Waals surface area contributed by atoms with E-state index in [2.05, 4.69) is 84.1 Å². The maximum atomic E-state index is 4.58. The van der Waals surface area contributed by atoms with Crippen LogP contribution in [0, 0.1) is 5.92 Å². The van der Waals surface area contributed by atoms with Gasteiger partial charge in [-0.05, 0) is 58.8 Å². The molecule has 1 heterocycles. The number of halogens is 3. The van der Waals surface area contributed by atoms with Crippen molar-refractivity contribution in [3.63, 3.8) is 0 Å². The molecule has 0 aliphatic heterocycles. The Hall–Kier alpha value is -0.130. The molecule has 0 amide bonds. The molecule has 21 heavy (non-hydrogen) atoms. The second-order valence-electron chi connectivity index (χ2n) is 5.24. The van der Waals surface area contributed by atoms with Gasteiger partial charge < -0.3 is 0 Å². The van der Waals surface area contributed by atoms with Crippen LogP contribution in [0.2, 0.25) is 0 Å². The Morgan fingerprint density at radius 2 is 1.81 bits per heavy atom. The van der Waals surface area contributed by atoms with Gasteiger partial charge in [-0.2, -0.15) is 5.10 Å². The van der Waals surface area contributed by atoms with E-state index < -0.39 is 0 Å². The third-order valence-corrected chi connectivity index (χ3v) is 6.00. The zero-order chi connectivity index (χ0) is 15.4. The number of nitrogens with zero attached hydrogens (tertiary/aromatic N) is 2. The highest BCUT2D eigenvalue weighted by atomic mass is 79.9. The summed E-state index contributed by atoms with van der Waals surface area (Å²) in [5.74, 6) is 0.558. The first-order valence-corrected chi connectivity index (χ1v) is 9.76. The fourth-order valence-corrected chi connectivity index (χ4v) is 3.95. The van der Waals surface area contributed by atoms with Crippen molar-refractivity contribution in [2.24, 2.45) is 13.0 Å². The Labute approximate surface area is 151 Å². The van der Waals surface area contributed by atoms with Crippen molar-refractivity contribution < 1.29 is 0 Å². The summed E-state index contributed by atoms with van der Waals surface area (Å²) in [6.07, 6.45) is 3.04. The fourth-order valence-electron chi connectivity index (χ4n) is 2.45. The molecule has 0 N–H and O–H groups in total. The molecule has 0 spiro atoms. The summed E-state index contributed by atoms with van der Waals surface area (Å²) in [6, 6.07) is 8.59. The summed E-state index contributed by atoms with van der Waals surface area (Å²) in [7, 11) is 2.03. The highest BCUT2D eigenvalue weighted by molar-refractivity contribution is 9.11. The van der Waals surface area contributed by atoms with E-state index in [0.29, 0.717) is 5.92 Å². The van der Waals surface area contributed by atoms with Crippen LogP contribution in [0.3, 0.4) is 0 Å². The van der Waals surface area contributed by atoms with Gasteiger partial charge in [-0.1, -0.05) is 50.9 Å². The number of rotatable bonds is 6. The highest BCUT2D eigenvalue weighted by Crippen LogP contribution is 2.26. The molecule has 0 saturated carbocycles. The fraction of sp³-hybridized carbons (Fsp3) is 0.438. The van der Waals surface area contributed by atoms with E-state index in [9.17, 15) is 0 Å². The molecule has 1 atom stereocenters. The summed E-state index contributed by atoms with van der Waals surface area (Å²) >= 11 is 10.9. The number of hydrogen-bond acceptors (Lipinski definition) is 1. The maximum Gasteiger partial charge on any atom is 0.0766 e. The molecular weight excluding hydrogens is 460 g/mol. The molecule has 2 rings (SSSR count).